The van der Waals surface area contributed by atoms with Crippen LogP contribution in [0.1, 0.15) is 64.7 Å². The molecule has 1 saturated heterocycles. The highest BCUT2D eigenvalue weighted by Crippen LogP contribution is 2.36. The van der Waals surface area contributed by atoms with Gasteiger partial charge in [0.15, 0.2) is 0 Å². The number of rotatable bonds is 6. The lowest BCUT2D eigenvalue weighted by Crippen LogP contribution is -2.20. The number of allylic oxidation sites excluding steroid dienone is 1. The standard InChI is InChI=1S/C16H28O2/c1-2-16(10-12-18-14-16)9-6-11-17-13-15-7-4-3-5-8-15/h13H,2-12,14H2,1H3. The molecule has 0 aromatic carbocycles. The molecule has 0 spiro atoms. The highest BCUT2D eigenvalue weighted by atomic mass is 16.5. The third-order valence-corrected chi connectivity index (χ3v) is 4.65. The third-order valence-electron chi connectivity index (χ3n) is 4.65. The molecule has 1 atom stereocenters. The molecule has 2 aliphatic rings. The van der Waals surface area contributed by atoms with Crippen LogP contribution in [0.4, 0.5) is 0 Å². The summed E-state index contributed by atoms with van der Waals surface area (Å²) < 4.78 is 11.3. The van der Waals surface area contributed by atoms with Gasteiger partial charge in [0.1, 0.15) is 0 Å². The first-order valence-electron chi connectivity index (χ1n) is 7.72. The summed E-state index contributed by atoms with van der Waals surface area (Å²) in [7, 11) is 0. The van der Waals surface area contributed by atoms with Crippen LogP contribution in [0, 0.1) is 5.41 Å². The number of hydrogen-bond donors (Lipinski definition) is 0. The Kier molecular flexibility index (Phi) is 5.55. The molecule has 2 rings (SSSR count). The third kappa shape index (κ3) is 4.01. The Morgan fingerprint density at radius 3 is 2.78 bits per heavy atom. The van der Waals surface area contributed by atoms with Gasteiger partial charge in [-0.3, -0.25) is 0 Å². The average Bonchev–Trinajstić information content (AvgIpc) is 2.89. The van der Waals surface area contributed by atoms with Gasteiger partial charge in [-0.2, -0.15) is 0 Å². The molecule has 0 N–H and O–H groups in total. The fourth-order valence-electron chi connectivity index (χ4n) is 3.13. The van der Waals surface area contributed by atoms with E-state index < -0.39 is 0 Å². The van der Waals surface area contributed by atoms with Crippen molar-refractivity contribution in [3.63, 3.8) is 0 Å². The molecule has 1 heterocycles. The van der Waals surface area contributed by atoms with Gasteiger partial charge in [0.25, 0.3) is 0 Å². The minimum Gasteiger partial charge on any atom is -0.501 e. The summed E-state index contributed by atoms with van der Waals surface area (Å²) in [5.74, 6) is 0. The first-order valence-corrected chi connectivity index (χ1v) is 7.72. The van der Waals surface area contributed by atoms with Crippen molar-refractivity contribution in [1.82, 2.24) is 0 Å². The largest absolute Gasteiger partial charge is 0.501 e. The summed E-state index contributed by atoms with van der Waals surface area (Å²) in [6.45, 7) is 5.09. The Morgan fingerprint density at radius 1 is 1.28 bits per heavy atom. The van der Waals surface area contributed by atoms with Crippen molar-refractivity contribution in [2.45, 2.75) is 64.7 Å². The summed E-state index contributed by atoms with van der Waals surface area (Å²) in [6, 6.07) is 0. The van der Waals surface area contributed by atoms with E-state index in [0.29, 0.717) is 5.41 Å². The van der Waals surface area contributed by atoms with Gasteiger partial charge < -0.3 is 9.47 Å². The number of hydrogen-bond acceptors (Lipinski definition) is 2. The summed E-state index contributed by atoms with van der Waals surface area (Å²) in [5, 5.41) is 0. The lowest BCUT2D eigenvalue weighted by Gasteiger charge is -2.25. The molecule has 1 aliphatic carbocycles. The van der Waals surface area contributed by atoms with E-state index in [4.69, 9.17) is 9.47 Å². The molecule has 0 radical (unpaired) electrons. The fourth-order valence-corrected chi connectivity index (χ4v) is 3.13. The maximum atomic E-state index is 5.72. The molecule has 0 bridgehead atoms. The van der Waals surface area contributed by atoms with Gasteiger partial charge in [0.2, 0.25) is 0 Å². The van der Waals surface area contributed by atoms with Gasteiger partial charge in [-0.25, -0.2) is 0 Å². The van der Waals surface area contributed by atoms with E-state index >= 15 is 0 Å². The Morgan fingerprint density at radius 2 is 2.11 bits per heavy atom. The van der Waals surface area contributed by atoms with Crippen LogP contribution in [0.3, 0.4) is 0 Å². The second-order valence-corrected chi connectivity index (χ2v) is 5.97. The molecular formula is C16H28O2. The molecule has 104 valence electrons. The van der Waals surface area contributed by atoms with Crippen molar-refractivity contribution in [1.29, 1.82) is 0 Å². The van der Waals surface area contributed by atoms with Gasteiger partial charge in [-0.15, -0.1) is 0 Å². The Hall–Kier alpha value is -0.500. The summed E-state index contributed by atoms with van der Waals surface area (Å²) in [4.78, 5) is 0. The van der Waals surface area contributed by atoms with Crippen LogP contribution in [0.15, 0.2) is 11.8 Å². The van der Waals surface area contributed by atoms with E-state index in [0.717, 1.165) is 19.8 Å². The lowest BCUT2D eigenvalue weighted by atomic mass is 9.80. The number of ether oxygens (including phenoxy) is 2. The van der Waals surface area contributed by atoms with Crippen molar-refractivity contribution in [3.05, 3.63) is 11.8 Å². The van der Waals surface area contributed by atoms with E-state index in [1.807, 2.05) is 6.26 Å². The van der Waals surface area contributed by atoms with Crippen LogP contribution in [-0.2, 0) is 9.47 Å². The Balaban J connectivity index is 1.60. The van der Waals surface area contributed by atoms with E-state index in [1.165, 1.54) is 63.4 Å². The SMILES string of the molecule is CCC1(CCCOC=C2CCCCC2)CCOC1. The summed E-state index contributed by atoms with van der Waals surface area (Å²) >= 11 is 0. The smallest absolute Gasteiger partial charge is 0.0873 e. The Bertz CT molecular complexity index is 256. The van der Waals surface area contributed by atoms with Gasteiger partial charge >= 0.3 is 0 Å². The van der Waals surface area contributed by atoms with E-state index in [2.05, 4.69) is 6.92 Å². The monoisotopic (exact) mass is 252 g/mol. The molecule has 2 heteroatoms. The van der Waals surface area contributed by atoms with Crippen molar-refractivity contribution in [2.75, 3.05) is 19.8 Å². The van der Waals surface area contributed by atoms with Crippen LogP contribution >= 0.6 is 0 Å². The van der Waals surface area contributed by atoms with E-state index in [1.54, 1.807) is 0 Å². The van der Waals surface area contributed by atoms with Crippen LogP contribution in [-0.4, -0.2) is 19.8 Å². The minimum atomic E-state index is 0.460. The van der Waals surface area contributed by atoms with E-state index in [-0.39, 0.29) is 0 Å². The van der Waals surface area contributed by atoms with Crippen LogP contribution in [0.25, 0.3) is 0 Å². The van der Waals surface area contributed by atoms with Crippen molar-refractivity contribution in [3.8, 4) is 0 Å². The normalized spacial score (nSPS) is 28.4. The fraction of sp³-hybridized carbons (Fsp3) is 0.875. The second-order valence-electron chi connectivity index (χ2n) is 5.97. The molecule has 18 heavy (non-hydrogen) atoms. The second kappa shape index (κ2) is 7.18. The molecule has 2 nitrogen and oxygen atoms in total. The molecule has 0 aromatic rings. The molecule has 1 aliphatic heterocycles. The van der Waals surface area contributed by atoms with Crippen LogP contribution in [0.2, 0.25) is 0 Å². The van der Waals surface area contributed by atoms with Gasteiger partial charge in [0.05, 0.1) is 19.5 Å². The van der Waals surface area contributed by atoms with Crippen molar-refractivity contribution in [2.24, 2.45) is 5.41 Å². The molecule has 1 unspecified atom stereocenters. The molecular weight excluding hydrogens is 224 g/mol. The van der Waals surface area contributed by atoms with Gasteiger partial charge in [-0.1, -0.05) is 13.3 Å². The minimum absolute atomic E-state index is 0.460. The summed E-state index contributed by atoms with van der Waals surface area (Å²) in [6.07, 6.45) is 13.6. The maximum absolute atomic E-state index is 5.72. The first-order chi connectivity index (χ1) is 8.85. The molecule has 0 amide bonds. The predicted molar refractivity (Wildman–Crippen MR) is 74.5 cm³/mol. The average molecular weight is 252 g/mol. The van der Waals surface area contributed by atoms with E-state index in [9.17, 15) is 0 Å². The highest BCUT2D eigenvalue weighted by Gasteiger charge is 2.32. The van der Waals surface area contributed by atoms with Crippen LogP contribution < -0.4 is 0 Å². The summed E-state index contributed by atoms with van der Waals surface area (Å²) in [5.41, 5.74) is 1.98. The first kappa shape index (κ1) is 13.9. The topological polar surface area (TPSA) is 18.5 Å². The lowest BCUT2D eigenvalue weighted by molar-refractivity contribution is 0.132. The van der Waals surface area contributed by atoms with Crippen molar-refractivity contribution >= 4 is 0 Å². The maximum Gasteiger partial charge on any atom is 0.0873 e. The van der Waals surface area contributed by atoms with Gasteiger partial charge in [-0.05, 0) is 62.4 Å². The van der Waals surface area contributed by atoms with Crippen LogP contribution in [0.5, 0.6) is 0 Å². The zero-order valence-electron chi connectivity index (χ0n) is 11.9. The zero-order valence-corrected chi connectivity index (χ0v) is 11.9. The molecule has 2 fully saturated rings. The quantitative estimate of drug-likeness (QED) is 0.513. The molecule has 1 saturated carbocycles. The van der Waals surface area contributed by atoms with Gasteiger partial charge in [0, 0.05) is 6.61 Å². The predicted octanol–water partition coefficient (Wildman–Crippen LogP) is 4.45. The zero-order chi connectivity index (χ0) is 12.7. The highest BCUT2D eigenvalue weighted by molar-refractivity contribution is 5.00. The van der Waals surface area contributed by atoms with Crippen molar-refractivity contribution < 1.29 is 9.47 Å². The molecule has 0 aromatic heterocycles. The Labute approximate surface area is 112 Å².